The van der Waals surface area contributed by atoms with Gasteiger partial charge in [-0.25, -0.2) is 4.39 Å². The first kappa shape index (κ1) is 17.7. The molecule has 0 saturated heterocycles. The first-order valence-electron chi connectivity index (χ1n) is 7.91. The first-order valence-corrected chi connectivity index (χ1v) is 7.91. The summed E-state index contributed by atoms with van der Waals surface area (Å²) in [5.41, 5.74) is 4.18. The van der Waals surface area contributed by atoms with Crippen molar-refractivity contribution in [2.75, 3.05) is 12.4 Å². The highest BCUT2D eigenvalue weighted by Crippen LogP contribution is 2.26. The van der Waals surface area contributed by atoms with Crippen LogP contribution in [-0.4, -0.2) is 18.8 Å². The van der Waals surface area contributed by atoms with Gasteiger partial charge in [0, 0.05) is 30.1 Å². The number of nitrogens with one attached hydrogen (secondary N) is 3. The Hall–Kier alpha value is -2.62. The number of benzene rings is 2. The molecule has 0 aliphatic rings. The summed E-state index contributed by atoms with van der Waals surface area (Å²) in [4.78, 5) is 0. The lowest BCUT2D eigenvalue weighted by atomic mass is 9.97. The minimum Gasteiger partial charge on any atom is -0.388 e. The monoisotopic (exact) mass is 325 g/mol. The molecule has 0 saturated carbocycles. The second-order valence-electron chi connectivity index (χ2n) is 6.64. The predicted molar refractivity (Wildman–Crippen MR) is 101 cm³/mol. The SMILES string of the molecule is CNc1ccc(/C(C=N)=C(/NC(C)(C)C)c2ccc(F)cc2)cc1. The molecule has 0 fully saturated rings. The van der Waals surface area contributed by atoms with Crippen LogP contribution in [0, 0.1) is 11.2 Å². The molecule has 2 aromatic carbocycles. The fourth-order valence-electron chi connectivity index (χ4n) is 2.40. The van der Waals surface area contributed by atoms with E-state index in [2.05, 4.69) is 31.4 Å². The Morgan fingerprint density at radius 2 is 1.50 bits per heavy atom. The van der Waals surface area contributed by atoms with E-state index in [1.807, 2.05) is 31.3 Å². The smallest absolute Gasteiger partial charge is 0.123 e. The van der Waals surface area contributed by atoms with Crippen LogP contribution in [0.4, 0.5) is 10.1 Å². The zero-order chi connectivity index (χ0) is 17.7. The average Bonchev–Trinajstić information content (AvgIpc) is 2.55. The van der Waals surface area contributed by atoms with Gasteiger partial charge < -0.3 is 16.0 Å². The minimum absolute atomic E-state index is 0.192. The Morgan fingerprint density at radius 3 is 1.96 bits per heavy atom. The first-order chi connectivity index (χ1) is 11.3. The van der Waals surface area contributed by atoms with E-state index in [1.54, 1.807) is 12.1 Å². The molecule has 0 atom stereocenters. The van der Waals surface area contributed by atoms with Crippen LogP contribution >= 0.6 is 0 Å². The Morgan fingerprint density at radius 1 is 0.958 bits per heavy atom. The van der Waals surface area contributed by atoms with Crippen LogP contribution in [0.5, 0.6) is 0 Å². The summed E-state index contributed by atoms with van der Waals surface area (Å²) in [6, 6.07) is 14.2. The molecule has 2 aromatic rings. The van der Waals surface area contributed by atoms with E-state index in [1.165, 1.54) is 18.3 Å². The number of anilines is 1. The van der Waals surface area contributed by atoms with Gasteiger partial charge in [-0.15, -0.1) is 0 Å². The molecular weight excluding hydrogens is 301 g/mol. The van der Waals surface area contributed by atoms with Crippen molar-refractivity contribution in [1.82, 2.24) is 5.32 Å². The molecular formula is C20H24FN3. The zero-order valence-electron chi connectivity index (χ0n) is 14.6. The van der Waals surface area contributed by atoms with Gasteiger partial charge in [0.2, 0.25) is 0 Å². The van der Waals surface area contributed by atoms with Gasteiger partial charge in [0.15, 0.2) is 0 Å². The Labute approximate surface area is 143 Å². The van der Waals surface area contributed by atoms with E-state index in [9.17, 15) is 4.39 Å². The van der Waals surface area contributed by atoms with E-state index in [0.717, 1.165) is 28.1 Å². The number of allylic oxidation sites excluding steroid dienone is 1. The van der Waals surface area contributed by atoms with Crippen LogP contribution in [-0.2, 0) is 0 Å². The molecule has 0 aliphatic heterocycles. The van der Waals surface area contributed by atoms with Crippen LogP contribution in [0.1, 0.15) is 31.9 Å². The zero-order valence-corrected chi connectivity index (χ0v) is 14.6. The van der Waals surface area contributed by atoms with Gasteiger partial charge in [-0.05, 0) is 68.3 Å². The Kier molecular flexibility index (Phi) is 5.39. The van der Waals surface area contributed by atoms with Crippen LogP contribution in [0.15, 0.2) is 48.5 Å². The van der Waals surface area contributed by atoms with E-state index >= 15 is 0 Å². The van der Waals surface area contributed by atoms with Crippen LogP contribution in [0.3, 0.4) is 0 Å². The lowest BCUT2D eigenvalue weighted by Crippen LogP contribution is -2.35. The normalized spacial score (nSPS) is 12.4. The summed E-state index contributed by atoms with van der Waals surface area (Å²) in [6.07, 6.45) is 1.34. The number of rotatable bonds is 5. The largest absolute Gasteiger partial charge is 0.388 e. The van der Waals surface area contributed by atoms with Crippen molar-refractivity contribution in [3.8, 4) is 0 Å². The number of hydrogen-bond acceptors (Lipinski definition) is 3. The van der Waals surface area contributed by atoms with Crippen LogP contribution in [0.2, 0.25) is 0 Å². The highest BCUT2D eigenvalue weighted by atomic mass is 19.1. The minimum atomic E-state index is -0.274. The quantitative estimate of drug-likeness (QED) is 0.547. The Balaban J connectivity index is 2.60. The summed E-state index contributed by atoms with van der Waals surface area (Å²) < 4.78 is 13.3. The summed E-state index contributed by atoms with van der Waals surface area (Å²) in [5.74, 6) is -0.274. The molecule has 126 valence electrons. The van der Waals surface area contributed by atoms with Gasteiger partial charge in [-0.3, -0.25) is 0 Å². The summed E-state index contributed by atoms with van der Waals surface area (Å²) in [5, 5.41) is 14.5. The second-order valence-corrected chi connectivity index (χ2v) is 6.64. The van der Waals surface area contributed by atoms with E-state index in [-0.39, 0.29) is 11.4 Å². The van der Waals surface area contributed by atoms with E-state index in [4.69, 9.17) is 5.41 Å². The lowest BCUT2D eigenvalue weighted by molar-refractivity contribution is 0.502. The molecule has 0 aromatic heterocycles. The second kappa shape index (κ2) is 7.30. The maximum Gasteiger partial charge on any atom is 0.123 e. The average molecular weight is 325 g/mol. The molecule has 3 nitrogen and oxygen atoms in total. The van der Waals surface area contributed by atoms with E-state index in [0.29, 0.717) is 0 Å². The number of hydrogen-bond donors (Lipinski definition) is 3. The van der Waals surface area contributed by atoms with Crippen molar-refractivity contribution < 1.29 is 4.39 Å². The Bertz CT molecular complexity index is 723. The van der Waals surface area contributed by atoms with Crippen molar-refractivity contribution >= 4 is 23.2 Å². The molecule has 2 rings (SSSR count). The molecule has 0 aliphatic carbocycles. The third-order valence-electron chi connectivity index (χ3n) is 3.53. The van der Waals surface area contributed by atoms with Crippen molar-refractivity contribution in [2.45, 2.75) is 26.3 Å². The predicted octanol–water partition coefficient (Wildman–Crippen LogP) is 4.77. The van der Waals surface area contributed by atoms with Crippen LogP contribution in [0.25, 0.3) is 11.3 Å². The van der Waals surface area contributed by atoms with Crippen molar-refractivity contribution in [1.29, 1.82) is 5.41 Å². The fourth-order valence-corrected chi connectivity index (χ4v) is 2.40. The fraction of sp³-hybridized carbons (Fsp3) is 0.250. The van der Waals surface area contributed by atoms with Gasteiger partial charge >= 0.3 is 0 Å². The van der Waals surface area contributed by atoms with E-state index < -0.39 is 0 Å². The molecule has 24 heavy (non-hydrogen) atoms. The van der Waals surface area contributed by atoms with Gasteiger partial charge in [0.25, 0.3) is 0 Å². The third-order valence-corrected chi connectivity index (χ3v) is 3.53. The molecule has 0 amide bonds. The standard InChI is InChI=1S/C20H24FN3/c1-20(2,3)24-19(15-5-9-16(21)10-6-15)18(13-22)14-7-11-17(23-4)12-8-14/h5-13,22-24H,1-4H3/b19-18+,22-13?. The van der Waals surface area contributed by atoms with Gasteiger partial charge in [0.05, 0.1) is 5.70 Å². The molecule has 0 radical (unpaired) electrons. The topological polar surface area (TPSA) is 47.9 Å². The molecule has 0 heterocycles. The van der Waals surface area contributed by atoms with Crippen LogP contribution < -0.4 is 10.6 Å². The summed E-state index contributed by atoms with van der Waals surface area (Å²) in [7, 11) is 1.87. The highest BCUT2D eigenvalue weighted by molar-refractivity contribution is 6.18. The van der Waals surface area contributed by atoms with Gasteiger partial charge in [-0.2, -0.15) is 0 Å². The van der Waals surface area contributed by atoms with Crippen molar-refractivity contribution in [3.63, 3.8) is 0 Å². The van der Waals surface area contributed by atoms with Gasteiger partial charge in [-0.1, -0.05) is 12.1 Å². The summed E-state index contributed by atoms with van der Waals surface area (Å²) >= 11 is 0. The molecule has 0 unspecified atom stereocenters. The highest BCUT2D eigenvalue weighted by Gasteiger charge is 2.17. The van der Waals surface area contributed by atoms with Crippen molar-refractivity contribution in [3.05, 3.63) is 65.5 Å². The maximum atomic E-state index is 13.3. The summed E-state index contributed by atoms with van der Waals surface area (Å²) in [6.45, 7) is 6.17. The number of halogens is 1. The molecule has 0 spiro atoms. The molecule has 0 bridgehead atoms. The van der Waals surface area contributed by atoms with Gasteiger partial charge in [0.1, 0.15) is 5.82 Å². The molecule has 3 N–H and O–H groups in total. The molecule has 4 heteroatoms. The van der Waals surface area contributed by atoms with Crippen molar-refractivity contribution in [2.24, 2.45) is 0 Å². The lowest BCUT2D eigenvalue weighted by Gasteiger charge is -2.26. The third kappa shape index (κ3) is 4.44. The maximum absolute atomic E-state index is 13.3.